The molecule has 0 aliphatic carbocycles. The van der Waals surface area contributed by atoms with Gasteiger partial charge in [-0.05, 0) is 55.7 Å². The Labute approximate surface area is 182 Å². The van der Waals surface area contributed by atoms with E-state index in [0.29, 0.717) is 0 Å². The fraction of sp³-hybridized carbons (Fsp3) is 0.350. The van der Waals surface area contributed by atoms with E-state index in [9.17, 15) is 31.5 Å². The second-order valence-corrected chi connectivity index (χ2v) is 9.46. The predicted molar refractivity (Wildman–Crippen MR) is 109 cm³/mol. The lowest BCUT2D eigenvalue weighted by Gasteiger charge is -2.27. The molecule has 1 fully saturated rings. The van der Waals surface area contributed by atoms with Gasteiger partial charge in [0.25, 0.3) is 5.91 Å². The summed E-state index contributed by atoms with van der Waals surface area (Å²) in [5.74, 6) is -2.48. The van der Waals surface area contributed by atoms with E-state index in [1.54, 1.807) is 0 Å². The van der Waals surface area contributed by atoms with Gasteiger partial charge >= 0.3 is 0 Å². The van der Waals surface area contributed by atoms with E-state index in [0.717, 1.165) is 28.6 Å². The van der Waals surface area contributed by atoms with Crippen LogP contribution in [0.1, 0.15) is 29.6 Å². The molecule has 0 saturated carbocycles. The highest BCUT2D eigenvalue weighted by molar-refractivity contribution is 7.89. The average molecular weight is 477 g/mol. The maximum Gasteiger partial charge on any atom is 0.255 e. The summed E-state index contributed by atoms with van der Waals surface area (Å²) in [6.07, 6.45) is -2.68. The third kappa shape index (κ3) is 5.38. The Morgan fingerprint density at radius 1 is 1.10 bits per heavy atom. The molecule has 2 N–H and O–H groups in total. The minimum absolute atomic E-state index is 0.0178. The molecular formula is C20H20ClF3N2O4S. The van der Waals surface area contributed by atoms with Crippen LogP contribution in [-0.4, -0.2) is 49.1 Å². The normalized spacial score (nSPS) is 20.7. The first-order valence-electron chi connectivity index (χ1n) is 9.48. The topological polar surface area (TPSA) is 86.7 Å². The fourth-order valence-corrected chi connectivity index (χ4v) is 4.99. The number of aliphatic hydroxyl groups is 1. The first-order valence-corrected chi connectivity index (χ1v) is 11.3. The standard InChI is InChI=1S/C20H20ClF3N2O4S/c21-14-11-13(4-6-15(14)22)25-20(28)12-3-5-17(24)19(10-12)31(29,30)26-8-1-2-18(27)16(23)7-9-26/h3-6,10-11,16,18,27H,1-2,7-9H2,(H,25,28). The van der Waals surface area contributed by atoms with E-state index in [2.05, 4.69) is 5.32 Å². The van der Waals surface area contributed by atoms with Crippen LogP contribution in [-0.2, 0) is 10.0 Å². The number of nitrogens with zero attached hydrogens (tertiary/aromatic N) is 1. The second-order valence-electron chi connectivity index (χ2n) is 7.15. The van der Waals surface area contributed by atoms with Crippen molar-refractivity contribution >= 4 is 33.2 Å². The van der Waals surface area contributed by atoms with E-state index in [1.165, 1.54) is 12.1 Å². The van der Waals surface area contributed by atoms with Crippen LogP contribution < -0.4 is 5.32 Å². The molecule has 1 amide bonds. The van der Waals surface area contributed by atoms with Crippen LogP contribution in [0, 0.1) is 11.6 Å². The molecule has 1 aliphatic heterocycles. The minimum atomic E-state index is -4.36. The van der Waals surface area contributed by atoms with Crippen LogP contribution in [0.3, 0.4) is 0 Å². The van der Waals surface area contributed by atoms with Gasteiger partial charge in [0, 0.05) is 24.3 Å². The molecule has 6 nitrogen and oxygen atoms in total. The molecule has 1 aliphatic rings. The number of sulfonamides is 1. The molecule has 3 rings (SSSR count). The Hall–Kier alpha value is -2.14. The first-order chi connectivity index (χ1) is 14.6. The number of hydrogen-bond acceptors (Lipinski definition) is 4. The van der Waals surface area contributed by atoms with Crippen molar-refractivity contribution < 1.29 is 31.5 Å². The molecule has 0 aromatic heterocycles. The summed E-state index contributed by atoms with van der Waals surface area (Å²) < 4.78 is 68.5. The van der Waals surface area contributed by atoms with Crippen molar-refractivity contribution in [3.8, 4) is 0 Å². The number of carbonyl (C=O) groups is 1. The summed E-state index contributed by atoms with van der Waals surface area (Å²) in [7, 11) is -4.36. The monoisotopic (exact) mass is 476 g/mol. The van der Waals surface area contributed by atoms with Gasteiger partial charge < -0.3 is 10.4 Å². The Morgan fingerprint density at radius 3 is 2.52 bits per heavy atom. The number of carbonyl (C=O) groups excluding carboxylic acids is 1. The Kier molecular flexibility index (Phi) is 7.25. The number of anilines is 1. The molecule has 0 radical (unpaired) electrons. The van der Waals surface area contributed by atoms with E-state index in [4.69, 9.17) is 11.6 Å². The lowest BCUT2D eigenvalue weighted by molar-refractivity contribution is 0.0525. The van der Waals surface area contributed by atoms with Gasteiger partial charge in [-0.15, -0.1) is 0 Å². The maximum absolute atomic E-state index is 14.4. The zero-order chi connectivity index (χ0) is 22.8. The SMILES string of the molecule is O=C(Nc1ccc(F)c(Cl)c1)c1ccc(F)c(S(=O)(=O)N2CCCC(O)C(F)CC2)c1. The summed E-state index contributed by atoms with van der Waals surface area (Å²) in [5, 5.41) is 11.8. The lowest BCUT2D eigenvalue weighted by Crippen LogP contribution is -2.39. The molecule has 0 spiro atoms. The number of aliphatic hydroxyl groups excluding tert-OH is 1. The molecule has 2 unspecified atom stereocenters. The number of rotatable bonds is 4. The van der Waals surface area contributed by atoms with Crippen LogP contribution in [0.15, 0.2) is 41.3 Å². The summed E-state index contributed by atoms with van der Waals surface area (Å²) in [4.78, 5) is 11.8. The molecule has 2 aromatic rings. The van der Waals surface area contributed by atoms with E-state index in [-0.39, 0.29) is 48.6 Å². The summed E-state index contributed by atoms with van der Waals surface area (Å²) in [6.45, 7) is -0.249. The third-order valence-electron chi connectivity index (χ3n) is 4.97. The van der Waals surface area contributed by atoms with E-state index < -0.39 is 44.7 Å². The van der Waals surface area contributed by atoms with Crippen LogP contribution in [0.5, 0.6) is 0 Å². The summed E-state index contributed by atoms with van der Waals surface area (Å²) >= 11 is 5.68. The average Bonchev–Trinajstić information content (AvgIpc) is 2.71. The second kappa shape index (κ2) is 9.56. The summed E-state index contributed by atoms with van der Waals surface area (Å²) in [5.41, 5.74) is 0.0210. The van der Waals surface area contributed by atoms with E-state index in [1.807, 2.05) is 0 Å². The quantitative estimate of drug-likeness (QED) is 0.703. The van der Waals surface area contributed by atoms with Gasteiger partial charge in [-0.1, -0.05) is 11.6 Å². The highest BCUT2D eigenvalue weighted by Crippen LogP contribution is 2.25. The lowest BCUT2D eigenvalue weighted by atomic mass is 10.1. The molecule has 2 atom stereocenters. The minimum Gasteiger partial charge on any atom is -0.390 e. The van der Waals surface area contributed by atoms with Crippen LogP contribution in [0.2, 0.25) is 5.02 Å². The van der Waals surface area contributed by atoms with Gasteiger partial charge in [-0.2, -0.15) is 4.31 Å². The Morgan fingerprint density at radius 2 is 1.81 bits per heavy atom. The highest BCUT2D eigenvalue weighted by atomic mass is 35.5. The zero-order valence-corrected chi connectivity index (χ0v) is 17.8. The Balaban J connectivity index is 1.85. The largest absolute Gasteiger partial charge is 0.390 e. The van der Waals surface area contributed by atoms with Crippen molar-refractivity contribution in [1.82, 2.24) is 4.31 Å². The molecule has 1 heterocycles. The van der Waals surface area contributed by atoms with E-state index >= 15 is 0 Å². The number of nitrogens with one attached hydrogen (secondary N) is 1. The molecule has 11 heteroatoms. The number of alkyl halides is 1. The van der Waals surface area contributed by atoms with Crippen molar-refractivity contribution in [1.29, 1.82) is 0 Å². The van der Waals surface area contributed by atoms with Gasteiger partial charge in [-0.25, -0.2) is 21.6 Å². The first kappa shape index (κ1) is 23.5. The highest BCUT2D eigenvalue weighted by Gasteiger charge is 2.31. The van der Waals surface area contributed by atoms with Gasteiger partial charge in [0.1, 0.15) is 22.7 Å². The van der Waals surface area contributed by atoms with Crippen LogP contribution in [0.4, 0.5) is 18.9 Å². The third-order valence-corrected chi connectivity index (χ3v) is 7.17. The number of benzene rings is 2. The van der Waals surface area contributed by atoms with Crippen molar-refractivity contribution in [3.63, 3.8) is 0 Å². The van der Waals surface area contributed by atoms with Crippen LogP contribution in [0.25, 0.3) is 0 Å². The maximum atomic E-state index is 14.4. The van der Waals surface area contributed by atoms with Crippen molar-refractivity contribution in [3.05, 3.63) is 58.6 Å². The van der Waals surface area contributed by atoms with Crippen LogP contribution >= 0.6 is 11.6 Å². The fourth-order valence-electron chi connectivity index (χ4n) is 3.23. The molecule has 168 valence electrons. The molecule has 1 saturated heterocycles. The Bertz CT molecular complexity index is 1080. The zero-order valence-electron chi connectivity index (χ0n) is 16.2. The van der Waals surface area contributed by atoms with Gasteiger partial charge in [0.15, 0.2) is 0 Å². The van der Waals surface area contributed by atoms with Gasteiger partial charge in [0.2, 0.25) is 10.0 Å². The number of hydrogen-bond donors (Lipinski definition) is 2. The predicted octanol–water partition coefficient (Wildman–Crippen LogP) is 3.74. The summed E-state index contributed by atoms with van der Waals surface area (Å²) in [6, 6.07) is 6.35. The number of amides is 1. The molecule has 31 heavy (non-hydrogen) atoms. The van der Waals surface area contributed by atoms with Crippen molar-refractivity contribution in [2.45, 2.75) is 36.4 Å². The van der Waals surface area contributed by atoms with Gasteiger partial charge in [-0.3, -0.25) is 4.79 Å². The molecular weight excluding hydrogens is 457 g/mol. The van der Waals surface area contributed by atoms with Crippen molar-refractivity contribution in [2.24, 2.45) is 0 Å². The smallest absolute Gasteiger partial charge is 0.255 e. The van der Waals surface area contributed by atoms with Crippen molar-refractivity contribution in [2.75, 3.05) is 18.4 Å². The molecule has 0 bridgehead atoms. The van der Waals surface area contributed by atoms with Gasteiger partial charge in [0.05, 0.1) is 11.1 Å². The molecule has 2 aromatic carbocycles. The number of halogens is 4.